The lowest BCUT2D eigenvalue weighted by Crippen LogP contribution is -2.23. The molecule has 0 saturated carbocycles. The second kappa shape index (κ2) is 7.39. The zero-order valence-corrected chi connectivity index (χ0v) is 10.1. The Labute approximate surface area is 97.4 Å². The number of hydrogen-bond donors (Lipinski definition) is 2. The number of aliphatic hydroxyl groups is 1. The molecule has 0 heterocycles. The Kier molecular flexibility index (Phi) is 6.08. The maximum atomic E-state index is 9.44. The van der Waals surface area contributed by atoms with Crippen LogP contribution in [0.25, 0.3) is 0 Å². The largest absolute Gasteiger partial charge is 0.391 e. The fourth-order valence-electron chi connectivity index (χ4n) is 1.58. The molecule has 0 aliphatic heterocycles. The summed E-state index contributed by atoms with van der Waals surface area (Å²) in [6.45, 7) is 4.17. The van der Waals surface area contributed by atoms with E-state index >= 15 is 0 Å². The highest BCUT2D eigenvalue weighted by atomic mass is 16.5. The summed E-state index contributed by atoms with van der Waals surface area (Å²) in [5.74, 6) is 0. The number of benzene rings is 1. The Bertz CT molecular complexity index is 302. The van der Waals surface area contributed by atoms with Crippen molar-refractivity contribution in [1.29, 1.82) is 0 Å². The van der Waals surface area contributed by atoms with Gasteiger partial charge in [-0.3, -0.25) is 0 Å². The minimum Gasteiger partial charge on any atom is -0.391 e. The van der Waals surface area contributed by atoms with Crippen molar-refractivity contribution in [2.45, 2.75) is 26.0 Å². The van der Waals surface area contributed by atoms with Crippen LogP contribution >= 0.6 is 0 Å². The van der Waals surface area contributed by atoms with Gasteiger partial charge in [-0.05, 0) is 31.0 Å². The highest BCUT2D eigenvalue weighted by molar-refractivity contribution is 5.25. The van der Waals surface area contributed by atoms with Crippen LogP contribution in [0.1, 0.15) is 17.5 Å². The van der Waals surface area contributed by atoms with Gasteiger partial charge < -0.3 is 15.2 Å². The van der Waals surface area contributed by atoms with Crippen LogP contribution in [0.4, 0.5) is 0 Å². The fraction of sp³-hybridized carbons (Fsp3) is 0.538. The first-order valence-electron chi connectivity index (χ1n) is 5.66. The van der Waals surface area contributed by atoms with Gasteiger partial charge in [0.25, 0.3) is 0 Å². The van der Waals surface area contributed by atoms with Gasteiger partial charge in [-0.25, -0.2) is 0 Å². The number of aryl methyl sites for hydroxylation is 1. The molecule has 1 aromatic carbocycles. The minimum atomic E-state index is -0.366. The molecule has 0 bridgehead atoms. The predicted octanol–water partition coefficient (Wildman–Crippen LogP) is 1.48. The third-order valence-corrected chi connectivity index (χ3v) is 2.59. The molecule has 1 unspecified atom stereocenters. The molecule has 3 nitrogen and oxygen atoms in total. The van der Waals surface area contributed by atoms with Gasteiger partial charge in [0.05, 0.1) is 12.7 Å². The van der Waals surface area contributed by atoms with Gasteiger partial charge in [0.2, 0.25) is 0 Å². The number of aliphatic hydroxyl groups excluding tert-OH is 1. The molecule has 2 N–H and O–H groups in total. The highest BCUT2D eigenvalue weighted by Gasteiger charge is 2.02. The summed E-state index contributed by atoms with van der Waals surface area (Å²) in [5.41, 5.74) is 2.61. The lowest BCUT2D eigenvalue weighted by molar-refractivity contribution is 0.0594. The molecule has 1 rings (SSSR count). The Balaban J connectivity index is 2.19. The maximum absolute atomic E-state index is 9.44. The molecule has 0 aliphatic carbocycles. The summed E-state index contributed by atoms with van der Waals surface area (Å²) in [6.07, 6.45) is 0.356. The van der Waals surface area contributed by atoms with E-state index in [9.17, 15) is 5.11 Å². The molecule has 0 aromatic heterocycles. The van der Waals surface area contributed by atoms with Crippen LogP contribution in [0.5, 0.6) is 0 Å². The summed E-state index contributed by atoms with van der Waals surface area (Å²) in [6, 6.07) is 8.32. The molecule has 1 aromatic rings. The molecule has 3 heteroatoms. The number of methoxy groups -OCH3 is 1. The molecule has 1 atom stereocenters. The fourth-order valence-corrected chi connectivity index (χ4v) is 1.58. The first-order chi connectivity index (χ1) is 7.74. The van der Waals surface area contributed by atoms with Crippen LogP contribution in [-0.4, -0.2) is 31.5 Å². The second-order valence-corrected chi connectivity index (χ2v) is 4.00. The van der Waals surface area contributed by atoms with E-state index in [4.69, 9.17) is 4.74 Å². The SMILES string of the molecule is COCC(O)CCNCc1ccccc1C. The predicted molar refractivity (Wildman–Crippen MR) is 65.4 cm³/mol. The summed E-state index contributed by atoms with van der Waals surface area (Å²) in [7, 11) is 1.60. The zero-order chi connectivity index (χ0) is 11.8. The summed E-state index contributed by atoms with van der Waals surface area (Å²) in [4.78, 5) is 0. The van der Waals surface area contributed by atoms with Crippen molar-refractivity contribution < 1.29 is 9.84 Å². The summed E-state index contributed by atoms with van der Waals surface area (Å²) < 4.78 is 4.86. The summed E-state index contributed by atoms with van der Waals surface area (Å²) in [5, 5.41) is 12.8. The molecule has 90 valence electrons. The summed E-state index contributed by atoms with van der Waals surface area (Å²) >= 11 is 0. The van der Waals surface area contributed by atoms with Crippen LogP contribution < -0.4 is 5.32 Å². The van der Waals surface area contributed by atoms with Gasteiger partial charge in [0, 0.05) is 13.7 Å². The number of ether oxygens (including phenoxy) is 1. The molecule has 0 fully saturated rings. The highest BCUT2D eigenvalue weighted by Crippen LogP contribution is 2.05. The Morgan fingerprint density at radius 1 is 1.38 bits per heavy atom. The van der Waals surface area contributed by atoms with E-state index in [2.05, 4.69) is 24.4 Å². The smallest absolute Gasteiger partial charge is 0.0785 e. The minimum absolute atomic E-state index is 0.366. The van der Waals surface area contributed by atoms with Crippen molar-refractivity contribution >= 4 is 0 Å². The third kappa shape index (κ3) is 4.75. The Morgan fingerprint density at radius 3 is 2.81 bits per heavy atom. The zero-order valence-electron chi connectivity index (χ0n) is 10.1. The standard InChI is InChI=1S/C13H21NO2/c1-11-5-3-4-6-12(11)9-14-8-7-13(15)10-16-2/h3-6,13-15H,7-10H2,1-2H3. The van der Waals surface area contributed by atoms with Crippen molar-refractivity contribution in [2.24, 2.45) is 0 Å². The van der Waals surface area contributed by atoms with Crippen LogP contribution in [0.15, 0.2) is 24.3 Å². The van der Waals surface area contributed by atoms with E-state index in [1.165, 1.54) is 11.1 Å². The second-order valence-electron chi connectivity index (χ2n) is 4.00. The van der Waals surface area contributed by atoms with E-state index in [1.54, 1.807) is 7.11 Å². The topological polar surface area (TPSA) is 41.5 Å². The van der Waals surface area contributed by atoms with Crippen molar-refractivity contribution in [1.82, 2.24) is 5.32 Å². The number of rotatable bonds is 7. The van der Waals surface area contributed by atoms with Gasteiger partial charge in [-0.1, -0.05) is 24.3 Å². The van der Waals surface area contributed by atoms with Crippen molar-refractivity contribution in [2.75, 3.05) is 20.3 Å². The van der Waals surface area contributed by atoms with Crippen LogP contribution in [0.3, 0.4) is 0 Å². The molecule has 0 amide bonds. The molecule has 0 aliphatic rings. The van der Waals surface area contributed by atoms with E-state index in [0.717, 1.165) is 19.5 Å². The van der Waals surface area contributed by atoms with Crippen molar-refractivity contribution in [3.8, 4) is 0 Å². The van der Waals surface area contributed by atoms with Crippen molar-refractivity contribution in [3.05, 3.63) is 35.4 Å². The average molecular weight is 223 g/mol. The van der Waals surface area contributed by atoms with Crippen molar-refractivity contribution in [3.63, 3.8) is 0 Å². The Morgan fingerprint density at radius 2 is 2.12 bits per heavy atom. The molecule has 0 spiro atoms. The first kappa shape index (κ1) is 13.2. The normalized spacial score (nSPS) is 12.7. The lowest BCUT2D eigenvalue weighted by Gasteiger charge is -2.11. The quantitative estimate of drug-likeness (QED) is 0.688. The average Bonchev–Trinajstić information content (AvgIpc) is 2.27. The van der Waals surface area contributed by atoms with Crippen LogP contribution in [-0.2, 0) is 11.3 Å². The molecular weight excluding hydrogens is 202 g/mol. The molecule has 0 radical (unpaired) electrons. The van der Waals surface area contributed by atoms with Crippen LogP contribution in [0.2, 0.25) is 0 Å². The van der Waals surface area contributed by atoms with E-state index < -0.39 is 0 Å². The molecule has 16 heavy (non-hydrogen) atoms. The van der Waals surface area contributed by atoms with E-state index in [0.29, 0.717) is 6.61 Å². The van der Waals surface area contributed by atoms with Gasteiger partial charge in [-0.15, -0.1) is 0 Å². The van der Waals surface area contributed by atoms with Gasteiger partial charge >= 0.3 is 0 Å². The van der Waals surface area contributed by atoms with Gasteiger partial charge in [0.15, 0.2) is 0 Å². The molecular formula is C13H21NO2. The van der Waals surface area contributed by atoms with Gasteiger partial charge in [-0.2, -0.15) is 0 Å². The van der Waals surface area contributed by atoms with Crippen LogP contribution in [0, 0.1) is 6.92 Å². The van der Waals surface area contributed by atoms with E-state index in [-0.39, 0.29) is 6.10 Å². The third-order valence-electron chi connectivity index (χ3n) is 2.59. The van der Waals surface area contributed by atoms with E-state index in [1.807, 2.05) is 12.1 Å². The number of nitrogens with one attached hydrogen (secondary N) is 1. The maximum Gasteiger partial charge on any atom is 0.0785 e. The molecule has 0 saturated heterocycles. The first-order valence-corrected chi connectivity index (χ1v) is 5.66. The lowest BCUT2D eigenvalue weighted by atomic mass is 10.1. The van der Waals surface area contributed by atoms with Gasteiger partial charge in [0.1, 0.15) is 0 Å². The monoisotopic (exact) mass is 223 g/mol. The Hall–Kier alpha value is -0.900. The number of hydrogen-bond acceptors (Lipinski definition) is 3.